The molecule has 1 atom stereocenters. The Labute approximate surface area is 227 Å². The Morgan fingerprint density at radius 2 is 1.87 bits per heavy atom. The van der Waals surface area contributed by atoms with Gasteiger partial charge in [-0.3, -0.25) is 10.1 Å². The Morgan fingerprint density at radius 1 is 1.15 bits per heavy atom. The number of hydrogen-bond acceptors (Lipinski definition) is 7. The third-order valence-corrected chi connectivity index (χ3v) is 7.97. The van der Waals surface area contributed by atoms with Crippen LogP contribution >= 0.6 is 11.3 Å². The van der Waals surface area contributed by atoms with Crippen LogP contribution in [-0.2, 0) is 19.0 Å². The molecule has 0 amide bonds. The Balaban J connectivity index is 1.60. The van der Waals surface area contributed by atoms with E-state index in [9.17, 15) is 28.5 Å². The number of benzene rings is 2. The first kappa shape index (κ1) is 28.1. The third kappa shape index (κ3) is 6.06. The van der Waals surface area contributed by atoms with E-state index >= 15 is 0 Å². The molecule has 0 aliphatic heterocycles. The molecule has 1 aliphatic rings. The van der Waals surface area contributed by atoms with Crippen molar-refractivity contribution in [1.29, 1.82) is 5.26 Å². The van der Waals surface area contributed by atoms with Crippen LogP contribution in [-0.4, -0.2) is 18.2 Å². The summed E-state index contributed by atoms with van der Waals surface area (Å²) in [5, 5.41) is 21.8. The van der Waals surface area contributed by atoms with Gasteiger partial charge in [0.1, 0.15) is 11.1 Å². The van der Waals surface area contributed by atoms with Gasteiger partial charge in [0.05, 0.1) is 23.2 Å². The maximum atomic E-state index is 13.0. The molecule has 11 heteroatoms. The van der Waals surface area contributed by atoms with Crippen LogP contribution < -0.4 is 9.47 Å². The van der Waals surface area contributed by atoms with Gasteiger partial charge < -0.3 is 9.47 Å². The fraction of sp³-hybridized carbons (Fsp3) is 0.357. The van der Waals surface area contributed by atoms with E-state index in [1.807, 2.05) is 0 Å². The van der Waals surface area contributed by atoms with Crippen molar-refractivity contribution in [1.82, 2.24) is 0 Å². The zero-order valence-corrected chi connectivity index (χ0v) is 22.6. The lowest BCUT2D eigenvalue weighted by Gasteiger charge is -2.33. The Kier molecular flexibility index (Phi) is 7.70. The van der Waals surface area contributed by atoms with E-state index in [1.54, 1.807) is 18.3 Å². The summed E-state index contributed by atoms with van der Waals surface area (Å²) in [5.74, 6) is 0.454. The number of rotatable bonds is 6. The van der Waals surface area contributed by atoms with Crippen molar-refractivity contribution in [3.05, 3.63) is 73.6 Å². The topological polar surface area (TPSA) is 97.8 Å². The van der Waals surface area contributed by atoms with Gasteiger partial charge in [-0.2, -0.15) is 18.4 Å². The summed E-state index contributed by atoms with van der Waals surface area (Å²) in [7, 11) is 1.37. The number of fused-ring (bicyclic) bond motifs is 1. The quantitative estimate of drug-likeness (QED) is 0.173. The zero-order chi connectivity index (χ0) is 28.5. The fourth-order valence-electron chi connectivity index (χ4n) is 4.54. The molecule has 0 unspecified atom stereocenters. The minimum atomic E-state index is -4.73. The summed E-state index contributed by atoms with van der Waals surface area (Å²) in [5.41, 5.74) is 0.496. The summed E-state index contributed by atoms with van der Waals surface area (Å²) in [6.07, 6.45) is -0.345. The number of aliphatic imine (C=N–C) groups is 1. The van der Waals surface area contributed by atoms with Crippen molar-refractivity contribution in [2.75, 3.05) is 7.11 Å². The predicted molar refractivity (Wildman–Crippen MR) is 142 cm³/mol. The smallest absolute Gasteiger partial charge is 0.416 e. The van der Waals surface area contributed by atoms with Gasteiger partial charge in [0.15, 0.2) is 11.5 Å². The van der Waals surface area contributed by atoms with Crippen LogP contribution in [0.2, 0.25) is 0 Å². The summed E-state index contributed by atoms with van der Waals surface area (Å²) in [4.78, 5) is 16.2. The second-order valence-electron chi connectivity index (χ2n) is 10.3. The number of nitrogens with zero attached hydrogens (tertiary/aromatic N) is 3. The highest BCUT2D eigenvalue weighted by Crippen LogP contribution is 2.45. The summed E-state index contributed by atoms with van der Waals surface area (Å²) < 4.78 is 50.0. The highest BCUT2D eigenvalue weighted by atomic mass is 32.1. The van der Waals surface area contributed by atoms with Crippen LogP contribution in [0.3, 0.4) is 0 Å². The standard InChI is InChI=1S/C28H26F3N3O4S/c1-27(2,3)17-6-8-19-20(14-32)26(39-25(19)13-17)33-15-16-5-9-23(24(11-16)37-4)38-22-10-7-18(28(29,30)31)12-21(22)34(35)36/h5,7,9-12,15,17H,6,8,13H2,1-4H3/t17-/m1/s1. The number of nitriles is 1. The molecule has 1 aromatic heterocycles. The van der Waals surface area contributed by atoms with Crippen LogP contribution in [0.25, 0.3) is 0 Å². The maximum Gasteiger partial charge on any atom is 0.416 e. The lowest BCUT2D eigenvalue weighted by molar-refractivity contribution is -0.385. The fourth-order valence-corrected chi connectivity index (χ4v) is 5.76. The number of alkyl halides is 3. The van der Waals surface area contributed by atoms with Crippen LogP contribution in [0.5, 0.6) is 17.2 Å². The van der Waals surface area contributed by atoms with E-state index in [1.165, 1.54) is 29.4 Å². The molecule has 2 aromatic carbocycles. The Hall–Kier alpha value is -3.91. The second-order valence-corrected chi connectivity index (χ2v) is 11.4. The van der Waals surface area contributed by atoms with Crippen molar-refractivity contribution < 1.29 is 27.6 Å². The molecule has 0 saturated heterocycles. The first-order valence-corrected chi connectivity index (χ1v) is 12.9. The number of nitro benzene ring substituents is 1. The molecule has 0 radical (unpaired) electrons. The van der Waals surface area contributed by atoms with Gasteiger partial charge >= 0.3 is 11.9 Å². The minimum Gasteiger partial charge on any atom is -0.493 e. The lowest BCUT2D eigenvalue weighted by Crippen LogP contribution is -2.26. The molecule has 3 aromatic rings. The Bertz CT molecular complexity index is 1480. The number of methoxy groups -OCH3 is 1. The normalized spacial score (nSPS) is 15.6. The average molecular weight is 558 g/mol. The summed E-state index contributed by atoms with van der Waals surface area (Å²) >= 11 is 1.53. The molecule has 7 nitrogen and oxygen atoms in total. The van der Waals surface area contributed by atoms with E-state index in [0.717, 1.165) is 30.9 Å². The monoisotopic (exact) mass is 557 g/mol. The summed E-state index contributed by atoms with van der Waals surface area (Å²) in [6.45, 7) is 6.70. The minimum absolute atomic E-state index is 0.0787. The maximum absolute atomic E-state index is 13.0. The highest BCUT2D eigenvalue weighted by molar-refractivity contribution is 7.16. The van der Waals surface area contributed by atoms with Crippen molar-refractivity contribution in [2.24, 2.45) is 16.3 Å². The molecule has 0 N–H and O–H groups in total. The Morgan fingerprint density at radius 3 is 2.49 bits per heavy atom. The van der Waals surface area contributed by atoms with Crippen molar-refractivity contribution in [2.45, 2.75) is 46.2 Å². The number of hydrogen-bond donors (Lipinski definition) is 0. The lowest BCUT2D eigenvalue weighted by atomic mass is 9.72. The van der Waals surface area contributed by atoms with E-state index in [0.29, 0.717) is 34.2 Å². The van der Waals surface area contributed by atoms with Crippen LogP contribution in [0.1, 0.15) is 54.3 Å². The van der Waals surface area contributed by atoms with E-state index in [2.05, 4.69) is 31.8 Å². The average Bonchev–Trinajstić information content (AvgIpc) is 3.23. The molecule has 0 fully saturated rings. The molecular formula is C28H26F3N3O4S. The highest BCUT2D eigenvalue weighted by Gasteiger charge is 2.34. The van der Waals surface area contributed by atoms with Crippen LogP contribution in [0.15, 0.2) is 41.4 Å². The molecular weight excluding hydrogens is 531 g/mol. The first-order valence-electron chi connectivity index (χ1n) is 12.1. The van der Waals surface area contributed by atoms with Crippen LogP contribution in [0.4, 0.5) is 23.9 Å². The van der Waals surface area contributed by atoms with E-state index in [4.69, 9.17) is 9.47 Å². The van der Waals surface area contributed by atoms with Crippen LogP contribution in [0, 0.1) is 32.8 Å². The van der Waals surface area contributed by atoms with E-state index in [-0.39, 0.29) is 22.7 Å². The molecule has 204 valence electrons. The van der Waals surface area contributed by atoms with Gasteiger partial charge in [-0.05, 0) is 72.1 Å². The number of thiophene rings is 1. The molecule has 0 saturated carbocycles. The molecule has 1 aliphatic carbocycles. The number of halogens is 3. The SMILES string of the molecule is COc1cc(C=Nc2sc3c(c2C#N)CC[C@@H](C(C)(C)C)C3)ccc1Oc1ccc(C(F)(F)F)cc1[N+](=O)[O-]. The van der Waals surface area contributed by atoms with Gasteiger partial charge in [0, 0.05) is 17.2 Å². The zero-order valence-electron chi connectivity index (χ0n) is 21.8. The summed E-state index contributed by atoms with van der Waals surface area (Å²) in [6, 6.07) is 9.06. The first-order chi connectivity index (χ1) is 18.3. The van der Waals surface area contributed by atoms with Gasteiger partial charge in [0.25, 0.3) is 0 Å². The molecule has 4 rings (SSSR count). The van der Waals surface area contributed by atoms with Gasteiger partial charge in [-0.25, -0.2) is 4.99 Å². The molecule has 0 bridgehead atoms. The number of ether oxygens (including phenoxy) is 2. The van der Waals surface area contributed by atoms with Crippen molar-refractivity contribution in [3.63, 3.8) is 0 Å². The van der Waals surface area contributed by atoms with Gasteiger partial charge in [0.2, 0.25) is 5.75 Å². The van der Waals surface area contributed by atoms with Crippen molar-refractivity contribution >= 4 is 28.2 Å². The van der Waals surface area contributed by atoms with E-state index < -0.39 is 22.4 Å². The molecule has 1 heterocycles. The molecule has 0 spiro atoms. The third-order valence-electron chi connectivity index (χ3n) is 6.80. The largest absolute Gasteiger partial charge is 0.493 e. The number of nitro groups is 1. The van der Waals surface area contributed by atoms with Gasteiger partial charge in [-0.1, -0.05) is 20.8 Å². The molecule has 39 heavy (non-hydrogen) atoms. The predicted octanol–water partition coefficient (Wildman–Crippen LogP) is 8.25. The van der Waals surface area contributed by atoms with Gasteiger partial charge in [-0.15, -0.1) is 11.3 Å². The second kappa shape index (κ2) is 10.7. The van der Waals surface area contributed by atoms with Crippen molar-refractivity contribution in [3.8, 4) is 23.3 Å².